The van der Waals surface area contributed by atoms with E-state index in [1.807, 2.05) is 0 Å². The second-order valence-electron chi connectivity index (χ2n) is 1.66. The molecule has 0 fully saturated rings. The summed E-state index contributed by atoms with van der Waals surface area (Å²) in [5.41, 5.74) is 0. The lowest BCUT2D eigenvalue weighted by Crippen LogP contribution is -2.18. The minimum absolute atomic E-state index is 0.0178. The summed E-state index contributed by atoms with van der Waals surface area (Å²) in [5.74, 6) is 0. The molecule has 0 atom stereocenters. The standard InChI is InChI=1S/C5H9F3O2/c1-9-2-3-10-4-5(6,7)8/h2-4H2,1H3. The van der Waals surface area contributed by atoms with Gasteiger partial charge in [0.25, 0.3) is 0 Å². The number of rotatable bonds is 4. The van der Waals surface area contributed by atoms with Crippen LogP contribution in [0.2, 0.25) is 0 Å². The van der Waals surface area contributed by atoms with Crippen LogP contribution in [0, 0.1) is 0 Å². The Bertz CT molecular complexity index is 81.5. The summed E-state index contributed by atoms with van der Waals surface area (Å²) in [6, 6.07) is 0. The average Bonchev–Trinajstić information content (AvgIpc) is 1.78. The van der Waals surface area contributed by atoms with E-state index in [0.29, 0.717) is 0 Å². The van der Waals surface area contributed by atoms with E-state index in [0.717, 1.165) is 0 Å². The zero-order valence-electron chi connectivity index (χ0n) is 5.57. The summed E-state index contributed by atoms with van der Waals surface area (Å²) >= 11 is 0. The zero-order valence-corrected chi connectivity index (χ0v) is 5.57. The number of methoxy groups -OCH3 is 1. The molecule has 0 radical (unpaired) electrons. The van der Waals surface area contributed by atoms with Gasteiger partial charge in [-0.2, -0.15) is 13.2 Å². The second-order valence-corrected chi connectivity index (χ2v) is 1.66. The van der Waals surface area contributed by atoms with Gasteiger partial charge >= 0.3 is 6.18 Å². The molecule has 0 heterocycles. The number of halogens is 3. The molecule has 2 nitrogen and oxygen atoms in total. The number of hydrogen-bond donors (Lipinski definition) is 0. The summed E-state index contributed by atoms with van der Waals surface area (Å²) in [4.78, 5) is 0. The first-order valence-electron chi connectivity index (χ1n) is 2.69. The third-order valence-corrected chi connectivity index (χ3v) is 0.698. The van der Waals surface area contributed by atoms with Crippen LogP contribution in [0.25, 0.3) is 0 Å². The van der Waals surface area contributed by atoms with Crippen molar-refractivity contribution in [3.05, 3.63) is 0 Å². The van der Waals surface area contributed by atoms with Crippen molar-refractivity contribution in [3.8, 4) is 0 Å². The van der Waals surface area contributed by atoms with Gasteiger partial charge in [0.2, 0.25) is 0 Å². The van der Waals surface area contributed by atoms with Crippen LogP contribution in [-0.2, 0) is 9.47 Å². The van der Waals surface area contributed by atoms with Crippen LogP contribution in [0.15, 0.2) is 0 Å². The van der Waals surface area contributed by atoms with Crippen molar-refractivity contribution >= 4 is 0 Å². The molecule has 0 aromatic rings. The summed E-state index contributed by atoms with van der Waals surface area (Å²) < 4.78 is 42.6. The molecule has 0 aliphatic heterocycles. The Balaban J connectivity index is 3.04. The molecule has 0 bridgehead atoms. The molecule has 62 valence electrons. The minimum atomic E-state index is -4.23. The molecule has 0 aromatic heterocycles. The molecule has 0 aromatic carbocycles. The first-order chi connectivity index (χ1) is 4.56. The topological polar surface area (TPSA) is 18.5 Å². The molecule has 0 saturated carbocycles. The van der Waals surface area contributed by atoms with Gasteiger partial charge in [0.1, 0.15) is 6.61 Å². The first kappa shape index (κ1) is 9.71. The summed E-state index contributed by atoms with van der Waals surface area (Å²) in [7, 11) is 1.40. The highest BCUT2D eigenvalue weighted by Gasteiger charge is 2.26. The Morgan fingerprint density at radius 3 is 2.20 bits per heavy atom. The van der Waals surface area contributed by atoms with Crippen LogP contribution in [0.4, 0.5) is 13.2 Å². The van der Waals surface area contributed by atoms with Gasteiger partial charge in [-0.3, -0.25) is 0 Å². The predicted octanol–water partition coefficient (Wildman–Crippen LogP) is 1.21. The van der Waals surface area contributed by atoms with E-state index < -0.39 is 12.8 Å². The predicted molar refractivity (Wildman–Crippen MR) is 28.7 cm³/mol. The maximum absolute atomic E-state index is 11.3. The lowest BCUT2D eigenvalue weighted by atomic mass is 10.7. The van der Waals surface area contributed by atoms with Crippen LogP contribution in [-0.4, -0.2) is 33.1 Å². The van der Waals surface area contributed by atoms with Gasteiger partial charge in [-0.15, -0.1) is 0 Å². The van der Waals surface area contributed by atoms with Crippen molar-refractivity contribution in [1.29, 1.82) is 0 Å². The largest absolute Gasteiger partial charge is 0.411 e. The number of hydrogen-bond acceptors (Lipinski definition) is 2. The summed E-state index contributed by atoms with van der Waals surface area (Å²) in [5, 5.41) is 0. The van der Waals surface area contributed by atoms with Crippen molar-refractivity contribution in [2.75, 3.05) is 26.9 Å². The van der Waals surface area contributed by atoms with Crippen LogP contribution in [0.3, 0.4) is 0 Å². The maximum Gasteiger partial charge on any atom is 0.411 e. The van der Waals surface area contributed by atoms with Crippen molar-refractivity contribution < 1.29 is 22.6 Å². The second kappa shape index (κ2) is 4.51. The molecule has 0 N–H and O–H groups in total. The third-order valence-electron chi connectivity index (χ3n) is 0.698. The molecule has 0 aliphatic rings. The van der Waals surface area contributed by atoms with E-state index in [9.17, 15) is 13.2 Å². The normalized spacial score (nSPS) is 12.0. The molecule has 0 unspecified atom stereocenters. The Hall–Kier alpha value is -0.290. The molecule has 0 saturated heterocycles. The fourth-order valence-electron chi connectivity index (χ4n) is 0.330. The molecule has 0 rings (SSSR count). The van der Waals surface area contributed by atoms with Gasteiger partial charge < -0.3 is 9.47 Å². The highest BCUT2D eigenvalue weighted by atomic mass is 19.4. The van der Waals surface area contributed by atoms with Gasteiger partial charge in [-0.25, -0.2) is 0 Å². The molecule has 10 heavy (non-hydrogen) atoms. The van der Waals surface area contributed by atoms with Gasteiger partial charge in [0.15, 0.2) is 0 Å². The van der Waals surface area contributed by atoms with E-state index in [4.69, 9.17) is 0 Å². The number of ether oxygens (including phenoxy) is 2. The average molecular weight is 158 g/mol. The molecule has 0 amide bonds. The lowest BCUT2D eigenvalue weighted by Gasteiger charge is -2.05. The number of alkyl halides is 3. The molecule has 0 spiro atoms. The third kappa shape index (κ3) is 7.71. The van der Waals surface area contributed by atoms with Gasteiger partial charge in [-0.05, 0) is 0 Å². The van der Waals surface area contributed by atoms with E-state index in [-0.39, 0.29) is 13.2 Å². The van der Waals surface area contributed by atoms with Crippen LogP contribution < -0.4 is 0 Å². The maximum atomic E-state index is 11.3. The van der Waals surface area contributed by atoms with E-state index in [2.05, 4.69) is 9.47 Å². The molecule has 5 heteroatoms. The highest BCUT2D eigenvalue weighted by molar-refractivity contribution is 4.44. The Morgan fingerprint density at radius 1 is 1.20 bits per heavy atom. The monoisotopic (exact) mass is 158 g/mol. The van der Waals surface area contributed by atoms with Gasteiger partial charge in [0, 0.05) is 7.11 Å². The van der Waals surface area contributed by atoms with E-state index in [1.165, 1.54) is 7.11 Å². The van der Waals surface area contributed by atoms with E-state index in [1.54, 1.807) is 0 Å². The van der Waals surface area contributed by atoms with Crippen molar-refractivity contribution in [2.45, 2.75) is 6.18 Å². The SMILES string of the molecule is COCCOCC(F)(F)F. The quantitative estimate of drug-likeness (QED) is 0.572. The zero-order chi connectivity index (χ0) is 8.04. The Kier molecular flexibility index (Phi) is 4.38. The smallest absolute Gasteiger partial charge is 0.382 e. The first-order valence-corrected chi connectivity index (χ1v) is 2.69. The molecular formula is C5H9F3O2. The molecule has 0 aliphatic carbocycles. The fraction of sp³-hybridized carbons (Fsp3) is 1.00. The Morgan fingerprint density at radius 2 is 1.80 bits per heavy atom. The molecular weight excluding hydrogens is 149 g/mol. The lowest BCUT2D eigenvalue weighted by molar-refractivity contribution is -0.176. The van der Waals surface area contributed by atoms with Crippen LogP contribution in [0.5, 0.6) is 0 Å². The Labute approximate surface area is 56.9 Å². The van der Waals surface area contributed by atoms with Crippen molar-refractivity contribution in [2.24, 2.45) is 0 Å². The van der Waals surface area contributed by atoms with Crippen LogP contribution >= 0.6 is 0 Å². The van der Waals surface area contributed by atoms with Gasteiger partial charge in [0.05, 0.1) is 13.2 Å². The highest BCUT2D eigenvalue weighted by Crippen LogP contribution is 2.13. The fourth-order valence-corrected chi connectivity index (χ4v) is 0.330. The van der Waals surface area contributed by atoms with E-state index >= 15 is 0 Å². The minimum Gasteiger partial charge on any atom is -0.382 e. The van der Waals surface area contributed by atoms with Crippen LogP contribution in [0.1, 0.15) is 0 Å². The van der Waals surface area contributed by atoms with Crippen molar-refractivity contribution in [1.82, 2.24) is 0 Å². The van der Waals surface area contributed by atoms with Crippen molar-refractivity contribution in [3.63, 3.8) is 0 Å². The summed E-state index contributed by atoms with van der Waals surface area (Å²) in [6.07, 6.45) is -4.23. The van der Waals surface area contributed by atoms with Gasteiger partial charge in [-0.1, -0.05) is 0 Å². The summed E-state index contributed by atoms with van der Waals surface area (Å²) in [6.45, 7) is -1.03.